The third kappa shape index (κ3) is 2.99. The lowest BCUT2D eigenvalue weighted by atomic mass is 10.3. The van der Waals surface area contributed by atoms with Crippen molar-refractivity contribution in [1.29, 1.82) is 0 Å². The minimum atomic E-state index is -0.514. The molecule has 0 aliphatic carbocycles. The maximum absolute atomic E-state index is 11.9. The molecule has 2 heterocycles. The minimum absolute atomic E-state index is 0.0534. The number of non-ortho nitro benzene ring substituents is 1. The van der Waals surface area contributed by atoms with E-state index in [2.05, 4.69) is 4.98 Å². The second-order valence-corrected chi connectivity index (χ2v) is 5.40. The zero-order valence-corrected chi connectivity index (χ0v) is 12.8. The largest absolute Gasteiger partial charge is 0.493 e. The minimum Gasteiger partial charge on any atom is -0.493 e. The predicted octanol–water partition coefficient (Wildman–Crippen LogP) is 2.25. The van der Waals surface area contributed by atoms with Gasteiger partial charge in [-0.1, -0.05) is 0 Å². The zero-order valence-electron chi connectivity index (χ0n) is 12.0. The van der Waals surface area contributed by atoms with E-state index in [1.807, 2.05) is 0 Å². The molecule has 3 aromatic rings. The van der Waals surface area contributed by atoms with Gasteiger partial charge in [0, 0.05) is 23.7 Å². The molecule has 0 spiro atoms. The van der Waals surface area contributed by atoms with Crippen LogP contribution in [0.1, 0.15) is 5.69 Å². The molecular formula is C14H11N3O5S. The van der Waals surface area contributed by atoms with Gasteiger partial charge in [-0.3, -0.25) is 19.3 Å². The molecule has 0 saturated carbocycles. The summed E-state index contributed by atoms with van der Waals surface area (Å²) in [6.45, 7) is 0.0534. The number of hydrogen-bond donors (Lipinski definition) is 0. The average molecular weight is 333 g/mol. The van der Waals surface area contributed by atoms with E-state index in [4.69, 9.17) is 9.47 Å². The van der Waals surface area contributed by atoms with E-state index in [9.17, 15) is 14.9 Å². The molecule has 9 heteroatoms. The van der Waals surface area contributed by atoms with E-state index in [1.165, 1.54) is 47.1 Å². The van der Waals surface area contributed by atoms with Crippen LogP contribution < -0.4 is 15.0 Å². The molecular weight excluding hydrogens is 322 g/mol. The monoisotopic (exact) mass is 333 g/mol. The van der Waals surface area contributed by atoms with Crippen molar-refractivity contribution >= 4 is 22.0 Å². The number of nitro benzene ring substituents is 1. The number of hydrogen-bond acceptors (Lipinski definition) is 7. The van der Waals surface area contributed by atoms with Gasteiger partial charge in [0.15, 0.2) is 16.5 Å². The molecule has 1 aromatic carbocycles. The highest BCUT2D eigenvalue weighted by Crippen LogP contribution is 2.31. The van der Waals surface area contributed by atoms with Crippen molar-refractivity contribution < 1.29 is 14.4 Å². The third-order valence-corrected chi connectivity index (χ3v) is 3.85. The van der Waals surface area contributed by atoms with E-state index in [0.717, 1.165) is 0 Å². The number of benzene rings is 1. The van der Waals surface area contributed by atoms with Crippen LogP contribution >= 0.6 is 11.3 Å². The summed E-state index contributed by atoms with van der Waals surface area (Å²) < 4.78 is 12.1. The summed E-state index contributed by atoms with van der Waals surface area (Å²) in [4.78, 5) is 27.0. The predicted molar refractivity (Wildman–Crippen MR) is 83.3 cm³/mol. The molecule has 0 atom stereocenters. The van der Waals surface area contributed by atoms with Crippen molar-refractivity contribution in [3.05, 3.63) is 62.0 Å². The van der Waals surface area contributed by atoms with Gasteiger partial charge in [0.2, 0.25) is 0 Å². The van der Waals surface area contributed by atoms with E-state index >= 15 is 0 Å². The van der Waals surface area contributed by atoms with Crippen LogP contribution in [0.15, 0.2) is 40.6 Å². The van der Waals surface area contributed by atoms with Gasteiger partial charge in [-0.15, -0.1) is 11.3 Å². The molecule has 0 aliphatic heterocycles. The number of aromatic nitrogens is 2. The molecule has 2 aromatic heterocycles. The van der Waals surface area contributed by atoms with Gasteiger partial charge in [-0.05, 0) is 6.07 Å². The number of nitrogens with zero attached hydrogens (tertiary/aromatic N) is 3. The average Bonchev–Trinajstić information content (AvgIpc) is 3.01. The fourth-order valence-corrected chi connectivity index (χ4v) is 2.74. The molecule has 0 unspecified atom stereocenters. The Labute approximate surface area is 133 Å². The Bertz CT molecular complexity index is 934. The molecule has 0 radical (unpaired) electrons. The van der Waals surface area contributed by atoms with Crippen LogP contribution in [0.2, 0.25) is 0 Å². The second-order valence-electron chi connectivity index (χ2n) is 4.52. The first kappa shape index (κ1) is 15.0. The van der Waals surface area contributed by atoms with Gasteiger partial charge >= 0.3 is 0 Å². The number of nitro groups is 1. The van der Waals surface area contributed by atoms with Crippen LogP contribution in [0, 0.1) is 10.1 Å². The Kier molecular flexibility index (Phi) is 3.94. The van der Waals surface area contributed by atoms with Gasteiger partial charge in [0.25, 0.3) is 11.2 Å². The summed E-state index contributed by atoms with van der Waals surface area (Å²) in [6, 6.07) is 5.44. The fourth-order valence-electron chi connectivity index (χ4n) is 2.00. The molecule has 0 fully saturated rings. The summed E-state index contributed by atoms with van der Waals surface area (Å²) in [5.41, 5.74) is 0.189. The third-order valence-electron chi connectivity index (χ3n) is 3.09. The summed E-state index contributed by atoms with van der Waals surface area (Å²) in [6.07, 6.45) is 1.65. The molecule has 0 aliphatic rings. The van der Waals surface area contributed by atoms with Crippen molar-refractivity contribution in [3.8, 4) is 11.5 Å². The summed E-state index contributed by atoms with van der Waals surface area (Å²) >= 11 is 1.35. The van der Waals surface area contributed by atoms with E-state index in [-0.39, 0.29) is 23.6 Å². The Morgan fingerprint density at radius 3 is 2.91 bits per heavy atom. The molecule has 3 rings (SSSR count). The number of ether oxygens (including phenoxy) is 2. The number of methoxy groups -OCH3 is 1. The first-order valence-corrected chi connectivity index (χ1v) is 7.37. The van der Waals surface area contributed by atoms with E-state index < -0.39 is 4.92 Å². The lowest BCUT2D eigenvalue weighted by Crippen LogP contribution is -2.14. The maximum Gasteiger partial charge on any atom is 0.273 e. The Balaban J connectivity index is 1.84. The lowest BCUT2D eigenvalue weighted by molar-refractivity contribution is -0.385. The summed E-state index contributed by atoms with van der Waals surface area (Å²) in [5, 5.41) is 12.5. The van der Waals surface area contributed by atoms with Crippen molar-refractivity contribution in [2.24, 2.45) is 0 Å². The second kappa shape index (κ2) is 6.05. The zero-order chi connectivity index (χ0) is 16.4. The molecule has 0 N–H and O–H groups in total. The molecule has 118 valence electrons. The van der Waals surface area contributed by atoms with Crippen molar-refractivity contribution in [2.75, 3.05) is 7.11 Å². The standard InChI is InChI=1S/C14H11N3O5S/c1-21-12-7-10(17(19)20)2-3-11(12)22-8-9-6-13(18)16-4-5-23-14(16)15-9/h2-7H,8H2,1H3. The van der Waals surface area contributed by atoms with Crippen LogP contribution in [0.5, 0.6) is 11.5 Å². The summed E-state index contributed by atoms with van der Waals surface area (Å²) in [7, 11) is 1.40. The van der Waals surface area contributed by atoms with Crippen LogP contribution in [-0.4, -0.2) is 21.4 Å². The number of fused-ring (bicyclic) bond motifs is 1. The van der Waals surface area contributed by atoms with Crippen LogP contribution in [0.3, 0.4) is 0 Å². The number of thiazole rings is 1. The molecule has 8 nitrogen and oxygen atoms in total. The Morgan fingerprint density at radius 1 is 1.35 bits per heavy atom. The lowest BCUT2D eigenvalue weighted by Gasteiger charge is -2.10. The van der Waals surface area contributed by atoms with E-state index in [0.29, 0.717) is 16.4 Å². The Hall–Kier alpha value is -2.94. The van der Waals surface area contributed by atoms with Crippen molar-refractivity contribution in [1.82, 2.24) is 9.38 Å². The van der Waals surface area contributed by atoms with Gasteiger partial charge in [0.05, 0.1) is 23.8 Å². The molecule has 0 saturated heterocycles. The highest BCUT2D eigenvalue weighted by atomic mass is 32.1. The molecule has 0 bridgehead atoms. The van der Waals surface area contributed by atoms with E-state index in [1.54, 1.807) is 11.6 Å². The first-order chi connectivity index (χ1) is 11.1. The number of rotatable bonds is 5. The van der Waals surface area contributed by atoms with Crippen LogP contribution in [0.4, 0.5) is 5.69 Å². The Morgan fingerprint density at radius 2 is 2.17 bits per heavy atom. The van der Waals surface area contributed by atoms with Gasteiger partial charge < -0.3 is 9.47 Å². The quantitative estimate of drug-likeness (QED) is 0.525. The summed E-state index contributed by atoms with van der Waals surface area (Å²) in [5.74, 6) is 0.583. The van der Waals surface area contributed by atoms with Gasteiger partial charge in [0.1, 0.15) is 6.61 Å². The van der Waals surface area contributed by atoms with Crippen molar-refractivity contribution in [2.45, 2.75) is 6.61 Å². The van der Waals surface area contributed by atoms with Crippen molar-refractivity contribution in [3.63, 3.8) is 0 Å². The normalized spacial score (nSPS) is 10.7. The molecule has 23 heavy (non-hydrogen) atoms. The highest BCUT2D eigenvalue weighted by Gasteiger charge is 2.13. The van der Waals surface area contributed by atoms with Gasteiger partial charge in [-0.2, -0.15) is 0 Å². The first-order valence-electron chi connectivity index (χ1n) is 6.49. The highest BCUT2D eigenvalue weighted by molar-refractivity contribution is 7.15. The smallest absolute Gasteiger partial charge is 0.273 e. The SMILES string of the molecule is COc1cc([N+](=O)[O-])ccc1OCc1cc(=O)n2ccsc2n1. The van der Waals surface area contributed by atoms with Crippen LogP contribution in [0.25, 0.3) is 4.96 Å². The fraction of sp³-hybridized carbons (Fsp3) is 0.143. The van der Waals surface area contributed by atoms with Gasteiger partial charge in [-0.25, -0.2) is 4.98 Å². The van der Waals surface area contributed by atoms with Crippen LogP contribution in [-0.2, 0) is 6.61 Å². The molecule has 0 amide bonds. The topological polar surface area (TPSA) is 96.0 Å². The maximum atomic E-state index is 11.9.